The lowest BCUT2D eigenvalue weighted by Gasteiger charge is -2.30. The van der Waals surface area contributed by atoms with Crippen molar-refractivity contribution in [3.8, 4) is 0 Å². The van der Waals surface area contributed by atoms with Gasteiger partial charge in [-0.25, -0.2) is 0 Å². The minimum atomic E-state index is -1.08. The van der Waals surface area contributed by atoms with E-state index >= 15 is 0 Å². The maximum Gasteiger partial charge on any atom is 0.0857 e. The van der Waals surface area contributed by atoms with Crippen molar-refractivity contribution in [3.63, 3.8) is 0 Å². The molecule has 0 saturated carbocycles. The average molecular weight is 225 g/mol. The van der Waals surface area contributed by atoms with Gasteiger partial charge in [0, 0.05) is 0 Å². The van der Waals surface area contributed by atoms with E-state index in [0.717, 1.165) is 0 Å². The van der Waals surface area contributed by atoms with Crippen molar-refractivity contribution < 1.29 is 0 Å². The molecule has 0 aromatic heterocycles. The summed E-state index contributed by atoms with van der Waals surface area (Å²) >= 11 is 0. The van der Waals surface area contributed by atoms with Gasteiger partial charge in [-0.3, -0.25) is 0 Å². The van der Waals surface area contributed by atoms with Crippen molar-refractivity contribution in [2.75, 3.05) is 19.3 Å². The Morgan fingerprint density at radius 1 is 1.00 bits per heavy atom. The molecule has 0 amide bonds. The van der Waals surface area contributed by atoms with Crippen LogP contribution in [0.4, 0.5) is 0 Å². The fraction of sp³-hybridized carbons (Fsp3) is 0.846. The van der Waals surface area contributed by atoms with Gasteiger partial charge in [0.1, 0.15) is 0 Å². The van der Waals surface area contributed by atoms with Crippen LogP contribution < -0.4 is 0 Å². The topological polar surface area (TPSA) is 3.24 Å². The number of allylic oxidation sites excluding steroid dienone is 1. The molecule has 0 aromatic rings. The zero-order valence-corrected chi connectivity index (χ0v) is 11.8. The number of likely N-dealkylation sites (tertiary alicyclic amines) is 1. The monoisotopic (exact) mass is 225 g/mol. The second-order valence-corrected chi connectivity index (χ2v) is 10.2. The van der Waals surface area contributed by atoms with Gasteiger partial charge in [0.05, 0.1) is 8.07 Å². The van der Waals surface area contributed by atoms with E-state index in [0.29, 0.717) is 0 Å². The van der Waals surface area contributed by atoms with Gasteiger partial charge in [-0.1, -0.05) is 44.1 Å². The van der Waals surface area contributed by atoms with Crippen LogP contribution in [0.2, 0.25) is 13.1 Å². The second kappa shape index (κ2) is 6.49. The maximum absolute atomic E-state index is 2.71. The fourth-order valence-corrected chi connectivity index (χ4v) is 5.03. The lowest BCUT2D eigenvalue weighted by atomic mass is 10.1. The van der Waals surface area contributed by atoms with E-state index in [1.807, 2.05) is 0 Å². The molecule has 0 atom stereocenters. The van der Waals surface area contributed by atoms with E-state index in [9.17, 15) is 0 Å². The van der Waals surface area contributed by atoms with E-state index in [4.69, 9.17) is 0 Å². The highest BCUT2D eigenvalue weighted by molar-refractivity contribution is 6.82. The molecule has 0 bridgehead atoms. The molecule has 0 aliphatic carbocycles. The Hall–Kier alpha value is -0.0831. The normalized spacial score (nSPS) is 21.5. The number of rotatable bonds is 3. The standard InChI is InChI=1S/C13H27NSi/c1-4-12-15(2,3)13-14-10-8-6-5-7-9-11-14/h4,12H,5-11,13H2,1-3H3. The molecule has 1 aliphatic rings. The van der Waals surface area contributed by atoms with Crippen LogP contribution in [0, 0.1) is 0 Å². The summed E-state index contributed by atoms with van der Waals surface area (Å²) in [5, 5.41) is 0. The van der Waals surface area contributed by atoms with E-state index in [-0.39, 0.29) is 0 Å². The molecular formula is C13H27NSi. The number of hydrogen-bond donors (Lipinski definition) is 0. The zero-order chi connectivity index (χ0) is 11.1. The summed E-state index contributed by atoms with van der Waals surface area (Å²) in [5.74, 6) is 0. The minimum Gasteiger partial charge on any atom is -0.306 e. The van der Waals surface area contributed by atoms with E-state index in [1.165, 1.54) is 51.4 Å². The molecule has 0 N–H and O–H groups in total. The lowest BCUT2D eigenvalue weighted by Crippen LogP contribution is -2.42. The molecular weight excluding hydrogens is 198 g/mol. The Balaban J connectivity index is 2.40. The van der Waals surface area contributed by atoms with Crippen LogP contribution in [0.15, 0.2) is 11.8 Å². The molecule has 2 heteroatoms. The molecule has 1 fully saturated rings. The van der Waals surface area contributed by atoms with Crippen LogP contribution in [0.1, 0.15) is 39.0 Å². The Bertz CT molecular complexity index is 191. The highest BCUT2D eigenvalue weighted by Gasteiger charge is 2.20. The third kappa shape index (κ3) is 5.52. The fourth-order valence-electron chi connectivity index (χ4n) is 2.55. The van der Waals surface area contributed by atoms with Gasteiger partial charge < -0.3 is 4.90 Å². The highest BCUT2D eigenvalue weighted by Crippen LogP contribution is 2.13. The van der Waals surface area contributed by atoms with Crippen LogP contribution in [-0.2, 0) is 0 Å². The van der Waals surface area contributed by atoms with Crippen LogP contribution in [0.25, 0.3) is 0 Å². The smallest absolute Gasteiger partial charge is 0.0857 e. The van der Waals surface area contributed by atoms with Gasteiger partial charge in [0.2, 0.25) is 0 Å². The molecule has 1 nitrogen and oxygen atoms in total. The van der Waals surface area contributed by atoms with Crippen molar-refractivity contribution >= 4 is 8.07 Å². The lowest BCUT2D eigenvalue weighted by molar-refractivity contribution is 0.280. The minimum absolute atomic E-state index is 1.08. The van der Waals surface area contributed by atoms with Crippen molar-refractivity contribution in [3.05, 3.63) is 11.8 Å². The molecule has 1 heterocycles. The Kier molecular flexibility index (Phi) is 5.62. The largest absolute Gasteiger partial charge is 0.306 e. The van der Waals surface area contributed by atoms with Crippen LogP contribution >= 0.6 is 0 Å². The summed E-state index contributed by atoms with van der Waals surface area (Å²) in [6, 6.07) is 0. The van der Waals surface area contributed by atoms with Crippen molar-refractivity contribution in [1.82, 2.24) is 4.90 Å². The third-order valence-corrected chi connectivity index (χ3v) is 5.70. The first kappa shape index (κ1) is 13.0. The Morgan fingerprint density at radius 3 is 2.07 bits per heavy atom. The summed E-state index contributed by atoms with van der Waals surface area (Å²) in [7, 11) is -1.08. The molecule has 0 unspecified atom stereocenters. The van der Waals surface area contributed by atoms with Gasteiger partial charge in [-0.05, 0) is 39.0 Å². The first-order valence-corrected chi connectivity index (χ1v) is 9.79. The van der Waals surface area contributed by atoms with Crippen molar-refractivity contribution in [2.45, 2.75) is 52.1 Å². The van der Waals surface area contributed by atoms with E-state index in [2.05, 4.69) is 36.7 Å². The predicted molar refractivity (Wildman–Crippen MR) is 71.8 cm³/mol. The quantitative estimate of drug-likeness (QED) is 0.663. The Morgan fingerprint density at radius 2 is 1.53 bits per heavy atom. The SMILES string of the molecule is CC=C[Si](C)(C)CN1CCCCCCC1. The van der Waals surface area contributed by atoms with E-state index < -0.39 is 8.07 Å². The van der Waals surface area contributed by atoms with Crippen molar-refractivity contribution in [2.24, 2.45) is 0 Å². The summed E-state index contributed by atoms with van der Waals surface area (Å²) in [6.07, 6.45) is 10.8. The maximum atomic E-state index is 2.71. The van der Waals surface area contributed by atoms with Crippen LogP contribution in [0.5, 0.6) is 0 Å². The summed E-state index contributed by atoms with van der Waals surface area (Å²) in [6.45, 7) is 9.79. The molecule has 0 spiro atoms. The zero-order valence-electron chi connectivity index (χ0n) is 10.8. The number of hydrogen-bond acceptors (Lipinski definition) is 1. The molecule has 0 aromatic carbocycles. The first-order valence-electron chi connectivity index (χ1n) is 6.50. The molecule has 1 rings (SSSR count). The van der Waals surface area contributed by atoms with Crippen molar-refractivity contribution in [1.29, 1.82) is 0 Å². The predicted octanol–water partition coefficient (Wildman–Crippen LogP) is 3.62. The van der Waals surface area contributed by atoms with E-state index in [1.54, 1.807) is 0 Å². The summed E-state index contributed by atoms with van der Waals surface area (Å²) in [5.41, 5.74) is 2.48. The second-order valence-electron chi connectivity index (χ2n) is 5.53. The number of nitrogens with zero attached hydrogens (tertiary/aromatic N) is 1. The first-order chi connectivity index (χ1) is 7.14. The molecule has 1 saturated heterocycles. The van der Waals surface area contributed by atoms with Gasteiger partial charge in [0.25, 0.3) is 0 Å². The third-order valence-electron chi connectivity index (χ3n) is 3.20. The highest BCUT2D eigenvalue weighted by atomic mass is 28.3. The summed E-state index contributed by atoms with van der Waals surface area (Å²) in [4.78, 5) is 2.71. The summed E-state index contributed by atoms with van der Waals surface area (Å²) < 4.78 is 0. The van der Waals surface area contributed by atoms with Gasteiger partial charge in [-0.2, -0.15) is 0 Å². The van der Waals surface area contributed by atoms with Crippen LogP contribution in [0.3, 0.4) is 0 Å². The van der Waals surface area contributed by atoms with Gasteiger partial charge in [0.15, 0.2) is 0 Å². The Labute approximate surface area is 96.6 Å². The molecule has 1 aliphatic heterocycles. The van der Waals surface area contributed by atoms with Gasteiger partial charge in [-0.15, -0.1) is 0 Å². The average Bonchev–Trinajstić information content (AvgIpc) is 2.09. The molecule has 15 heavy (non-hydrogen) atoms. The molecule has 0 radical (unpaired) electrons. The van der Waals surface area contributed by atoms with Crippen LogP contribution in [-0.4, -0.2) is 32.2 Å². The van der Waals surface area contributed by atoms with Gasteiger partial charge >= 0.3 is 0 Å². The molecule has 88 valence electrons.